The summed E-state index contributed by atoms with van der Waals surface area (Å²) in [7, 11) is -2.53. The van der Waals surface area contributed by atoms with E-state index in [-0.39, 0.29) is 0 Å². The third-order valence-corrected chi connectivity index (χ3v) is 12.7. The van der Waals surface area contributed by atoms with Gasteiger partial charge in [0.05, 0.1) is 5.76 Å². The second-order valence-corrected chi connectivity index (χ2v) is 15.3. The number of nitrogens with zero attached hydrogens (tertiary/aromatic N) is 3. The summed E-state index contributed by atoms with van der Waals surface area (Å²) in [5.41, 5.74) is 0. The van der Waals surface area contributed by atoms with Crippen LogP contribution in [-0.4, -0.2) is 6.66 Å². The van der Waals surface area contributed by atoms with Crippen LogP contribution in [0.15, 0.2) is 25.9 Å². The molecule has 1 unspecified atom stereocenters. The Balaban J connectivity index is 3.36. The van der Waals surface area contributed by atoms with Gasteiger partial charge in [0.15, 0.2) is 0 Å². The van der Waals surface area contributed by atoms with Crippen LogP contribution in [0.25, 0.3) is 0 Å². The molecular weight excluding hydrogens is 341 g/mol. The highest BCUT2D eigenvalue weighted by molar-refractivity contribution is 8.20. The molecule has 0 saturated carbocycles. The van der Waals surface area contributed by atoms with E-state index in [4.69, 9.17) is 49.5 Å². The van der Waals surface area contributed by atoms with Crippen molar-refractivity contribution < 1.29 is 4.52 Å². The average molecular weight is 349 g/mol. The standard InChI is InChI=1S/C4H8Cl4N3OP3/c1-4(2)12-13(3)9-14(5,6)11-15(7,8)10-13/h1H2,2-3H3. The fourth-order valence-electron chi connectivity index (χ4n) is 0.914. The predicted molar refractivity (Wildman–Crippen MR) is 73.3 cm³/mol. The maximum Gasteiger partial charge on any atom is 0.258 e. The van der Waals surface area contributed by atoms with Crippen molar-refractivity contribution in [1.29, 1.82) is 0 Å². The zero-order valence-corrected chi connectivity index (χ0v) is 13.5. The number of hydrogen-bond donors (Lipinski definition) is 0. The van der Waals surface area contributed by atoms with Gasteiger partial charge in [-0.15, -0.1) is 0 Å². The van der Waals surface area contributed by atoms with E-state index in [1.165, 1.54) is 0 Å². The highest BCUT2D eigenvalue weighted by Crippen LogP contribution is 2.84. The molecule has 0 amide bonds. The Bertz CT molecular complexity index is 452. The lowest BCUT2D eigenvalue weighted by molar-refractivity contribution is 0.474. The third kappa shape index (κ3) is 4.64. The lowest BCUT2D eigenvalue weighted by Gasteiger charge is -2.23. The van der Waals surface area contributed by atoms with E-state index in [0.29, 0.717) is 5.76 Å². The van der Waals surface area contributed by atoms with Crippen LogP contribution in [0.1, 0.15) is 6.92 Å². The van der Waals surface area contributed by atoms with Gasteiger partial charge in [0, 0.05) is 6.66 Å². The number of hydrogen-bond acceptors (Lipinski definition) is 4. The van der Waals surface area contributed by atoms with E-state index in [1.807, 2.05) is 0 Å². The zero-order valence-electron chi connectivity index (χ0n) is 7.81. The topological polar surface area (TPSA) is 46.3 Å². The molecule has 1 aliphatic heterocycles. The molecule has 0 radical (unpaired) electrons. The van der Waals surface area contributed by atoms with Crippen LogP contribution in [0, 0.1) is 0 Å². The van der Waals surface area contributed by atoms with Gasteiger partial charge in [-0.05, 0) is 51.9 Å². The Morgan fingerprint density at radius 1 is 1.07 bits per heavy atom. The Labute approximate surface area is 108 Å². The van der Waals surface area contributed by atoms with Crippen molar-refractivity contribution in [3.05, 3.63) is 12.3 Å². The monoisotopic (exact) mass is 347 g/mol. The molecule has 0 aromatic carbocycles. The first-order chi connectivity index (χ1) is 6.54. The van der Waals surface area contributed by atoms with Crippen molar-refractivity contribution in [1.82, 2.24) is 0 Å². The number of rotatable bonds is 2. The van der Waals surface area contributed by atoms with E-state index < -0.39 is 19.3 Å². The molecule has 0 aliphatic carbocycles. The Morgan fingerprint density at radius 3 is 1.93 bits per heavy atom. The summed E-state index contributed by atoms with van der Waals surface area (Å²) in [6.45, 7) is 6.93. The highest BCUT2D eigenvalue weighted by atomic mass is 35.9. The first kappa shape index (κ1) is 14.5. The van der Waals surface area contributed by atoms with Crippen LogP contribution >= 0.6 is 64.2 Å². The van der Waals surface area contributed by atoms with Crippen LogP contribution in [0.3, 0.4) is 0 Å². The van der Waals surface area contributed by atoms with E-state index >= 15 is 0 Å². The Hall–Kier alpha value is 1.39. The molecule has 1 atom stereocenters. The first-order valence-electron chi connectivity index (χ1n) is 3.56. The minimum atomic E-state index is -2.87. The summed E-state index contributed by atoms with van der Waals surface area (Å²) in [5, 5.41) is 0. The molecule has 0 saturated heterocycles. The molecular formula is C4H8Cl4N3OP3. The van der Waals surface area contributed by atoms with E-state index in [9.17, 15) is 0 Å². The normalized spacial score (nSPS) is 31.9. The van der Waals surface area contributed by atoms with Crippen molar-refractivity contribution in [3.63, 3.8) is 0 Å². The molecule has 0 N–H and O–H groups in total. The first-order valence-corrected chi connectivity index (χ1v) is 12.6. The molecule has 1 aliphatic rings. The van der Waals surface area contributed by atoms with Crippen molar-refractivity contribution >= 4 is 64.2 Å². The van der Waals surface area contributed by atoms with Crippen molar-refractivity contribution in [2.75, 3.05) is 6.66 Å². The van der Waals surface area contributed by atoms with Gasteiger partial charge in [-0.1, -0.05) is 6.58 Å². The highest BCUT2D eigenvalue weighted by Gasteiger charge is 2.31. The number of halogens is 4. The van der Waals surface area contributed by atoms with Crippen molar-refractivity contribution in [2.45, 2.75) is 6.92 Å². The van der Waals surface area contributed by atoms with Gasteiger partial charge in [-0.2, -0.15) is 13.5 Å². The summed E-state index contributed by atoms with van der Waals surface area (Å²) >= 11 is 23.5. The van der Waals surface area contributed by atoms with Crippen molar-refractivity contribution in [3.8, 4) is 0 Å². The number of allylic oxidation sites excluding steroid dienone is 1. The van der Waals surface area contributed by atoms with Gasteiger partial charge in [0.25, 0.3) is 19.3 Å². The molecule has 0 aromatic heterocycles. The second kappa shape index (κ2) is 4.58. The molecule has 11 heteroatoms. The van der Waals surface area contributed by atoms with Crippen LogP contribution in [0.4, 0.5) is 0 Å². The van der Waals surface area contributed by atoms with E-state index in [0.717, 1.165) is 0 Å². The summed E-state index contributed by atoms with van der Waals surface area (Å²) in [6, 6.07) is 0. The average Bonchev–Trinajstić information content (AvgIpc) is 1.70. The van der Waals surface area contributed by atoms with Gasteiger partial charge in [0.2, 0.25) is 0 Å². The van der Waals surface area contributed by atoms with E-state index in [1.54, 1.807) is 13.6 Å². The molecule has 0 fully saturated rings. The molecule has 4 nitrogen and oxygen atoms in total. The van der Waals surface area contributed by atoms with Gasteiger partial charge in [-0.3, -0.25) is 0 Å². The fraction of sp³-hybridized carbons (Fsp3) is 0.500. The molecule has 0 spiro atoms. The molecule has 0 bridgehead atoms. The molecule has 0 aromatic rings. The molecule has 1 rings (SSSR count). The second-order valence-electron chi connectivity index (χ2n) is 2.81. The molecule has 15 heavy (non-hydrogen) atoms. The lowest BCUT2D eigenvalue weighted by atomic mass is 10.7. The summed E-state index contributed by atoms with van der Waals surface area (Å²) in [4.78, 5) is 0. The zero-order chi connectivity index (χ0) is 11.9. The van der Waals surface area contributed by atoms with Crippen LogP contribution in [-0.2, 0) is 4.52 Å². The lowest BCUT2D eigenvalue weighted by Crippen LogP contribution is -1.83. The van der Waals surface area contributed by atoms with Gasteiger partial charge < -0.3 is 4.52 Å². The molecule has 1 heterocycles. The predicted octanol–water partition coefficient (Wildman–Crippen LogP) is 7.06. The largest absolute Gasteiger partial charge is 0.447 e. The van der Waals surface area contributed by atoms with Crippen LogP contribution in [0.5, 0.6) is 0 Å². The maximum absolute atomic E-state index is 5.88. The maximum atomic E-state index is 5.88. The SMILES string of the molecule is C=C(C)OP1(C)=NP(Cl)(Cl)=NP(Cl)(Cl)=N1. The minimum Gasteiger partial charge on any atom is -0.447 e. The third-order valence-electron chi connectivity index (χ3n) is 1.09. The smallest absolute Gasteiger partial charge is 0.258 e. The van der Waals surface area contributed by atoms with Gasteiger partial charge in [0.1, 0.15) is 0 Å². The Kier molecular flexibility index (Phi) is 4.41. The fourth-order valence-corrected chi connectivity index (χ4v) is 16.7. The van der Waals surface area contributed by atoms with Gasteiger partial charge >= 0.3 is 0 Å². The van der Waals surface area contributed by atoms with Gasteiger partial charge in [-0.25, -0.2) is 0 Å². The molecule has 88 valence electrons. The quantitative estimate of drug-likeness (QED) is 0.389. The Morgan fingerprint density at radius 2 is 1.53 bits per heavy atom. The van der Waals surface area contributed by atoms with E-state index in [2.05, 4.69) is 20.1 Å². The summed E-state index contributed by atoms with van der Waals surface area (Å²) in [6.07, 6.45) is 0. The van der Waals surface area contributed by atoms with Crippen LogP contribution in [0.2, 0.25) is 0 Å². The summed E-state index contributed by atoms with van der Waals surface area (Å²) < 4.78 is 17.4. The van der Waals surface area contributed by atoms with Crippen LogP contribution < -0.4 is 0 Å². The van der Waals surface area contributed by atoms with Crippen molar-refractivity contribution in [2.24, 2.45) is 13.5 Å². The minimum absolute atomic E-state index is 0.460. The summed E-state index contributed by atoms with van der Waals surface area (Å²) in [5.74, 6) is -5.27.